The first-order chi connectivity index (χ1) is 16.0. The second-order valence-corrected chi connectivity index (χ2v) is 10.5. The van der Waals surface area contributed by atoms with E-state index in [1.54, 1.807) is 28.2 Å². The van der Waals surface area contributed by atoms with Crippen molar-refractivity contribution in [2.24, 2.45) is 5.92 Å². The van der Waals surface area contributed by atoms with Gasteiger partial charge in [-0.15, -0.1) is 11.3 Å². The number of hydrazine groups is 1. The van der Waals surface area contributed by atoms with Crippen molar-refractivity contribution in [3.05, 3.63) is 56.5 Å². The Morgan fingerprint density at radius 1 is 1.15 bits per heavy atom. The number of hydrogen-bond donors (Lipinski definition) is 1. The first-order valence-corrected chi connectivity index (χ1v) is 12.8. The Hall–Kier alpha value is -2.30. The van der Waals surface area contributed by atoms with Crippen LogP contribution in [-0.4, -0.2) is 33.8 Å². The van der Waals surface area contributed by atoms with E-state index in [9.17, 15) is 4.79 Å². The first-order valence-electron chi connectivity index (χ1n) is 11.2. The summed E-state index contributed by atoms with van der Waals surface area (Å²) >= 11 is 14.3. The zero-order chi connectivity index (χ0) is 22.9. The number of halogens is 2. The summed E-state index contributed by atoms with van der Waals surface area (Å²) in [5.74, 6) is 6.94. The predicted molar refractivity (Wildman–Crippen MR) is 134 cm³/mol. The number of thiophene rings is 1. The van der Waals surface area contributed by atoms with E-state index in [0.717, 1.165) is 46.9 Å². The molecule has 2 aliphatic rings. The number of aromatic nitrogens is 2. The molecule has 1 N–H and O–H groups in total. The van der Waals surface area contributed by atoms with Gasteiger partial charge in [0, 0.05) is 29.6 Å². The summed E-state index contributed by atoms with van der Waals surface area (Å²) in [6.45, 7) is 3.65. The van der Waals surface area contributed by atoms with E-state index in [4.69, 9.17) is 28.3 Å². The number of carbonyl (C=O) groups is 1. The molecule has 0 spiro atoms. The van der Waals surface area contributed by atoms with Crippen LogP contribution in [0.15, 0.2) is 30.3 Å². The van der Waals surface area contributed by atoms with Crippen molar-refractivity contribution in [1.29, 1.82) is 0 Å². The maximum atomic E-state index is 13.2. The summed E-state index contributed by atoms with van der Waals surface area (Å²) in [5.41, 5.74) is 5.74. The summed E-state index contributed by atoms with van der Waals surface area (Å²) in [6.07, 6.45) is 5.76. The van der Waals surface area contributed by atoms with Crippen LogP contribution in [0.4, 0.5) is 0 Å². The molecule has 2 fully saturated rings. The third-order valence-corrected chi connectivity index (χ3v) is 7.45. The van der Waals surface area contributed by atoms with Gasteiger partial charge in [-0.25, -0.2) is 9.69 Å². The van der Waals surface area contributed by atoms with E-state index in [1.165, 1.54) is 19.3 Å². The molecular weight excluding hydrogens is 475 g/mol. The van der Waals surface area contributed by atoms with E-state index < -0.39 is 0 Å². The molecule has 0 atom stereocenters. The van der Waals surface area contributed by atoms with E-state index in [-0.39, 0.29) is 5.91 Å². The normalized spacial score (nSPS) is 16.3. The fraction of sp³-hybridized carbons (Fsp3) is 0.360. The van der Waals surface area contributed by atoms with E-state index in [0.29, 0.717) is 27.3 Å². The molecule has 3 heterocycles. The average molecular weight is 499 g/mol. The molecule has 5 nitrogen and oxygen atoms in total. The smallest absolute Gasteiger partial charge is 0.283 e. The number of nitrogens with one attached hydrogen (secondary N) is 1. The standard InChI is InChI=1S/C25H24Cl2N4OS/c1-16-23(25(32)29-30-13-3-2-4-14-30)28-31(21-11-8-18(26)15-20(21)27)24(16)22-12-10-19(33-22)9-7-17-5-6-17/h8,10-12,15,17H,2-6,13-14H2,1H3,(H,29,32). The van der Waals surface area contributed by atoms with Crippen molar-refractivity contribution < 1.29 is 4.79 Å². The molecule has 170 valence electrons. The van der Waals surface area contributed by atoms with Crippen LogP contribution in [-0.2, 0) is 0 Å². The minimum Gasteiger partial charge on any atom is -0.283 e. The summed E-state index contributed by atoms with van der Waals surface area (Å²) < 4.78 is 1.75. The molecule has 1 saturated carbocycles. The van der Waals surface area contributed by atoms with Gasteiger partial charge in [-0.3, -0.25) is 10.2 Å². The highest BCUT2D eigenvalue weighted by atomic mass is 35.5. The largest absolute Gasteiger partial charge is 0.286 e. The van der Waals surface area contributed by atoms with Gasteiger partial charge in [0.15, 0.2) is 5.69 Å². The van der Waals surface area contributed by atoms with Crippen LogP contribution in [0.1, 0.15) is 53.0 Å². The molecule has 1 aliphatic carbocycles. The Bertz CT molecular complexity index is 1260. The van der Waals surface area contributed by atoms with Crippen molar-refractivity contribution in [2.45, 2.75) is 39.0 Å². The summed E-state index contributed by atoms with van der Waals surface area (Å²) in [6, 6.07) is 9.36. The maximum Gasteiger partial charge on any atom is 0.286 e. The van der Waals surface area contributed by atoms with Gasteiger partial charge in [-0.05, 0) is 62.9 Å². The third-order valence-electron chi connectivity index (χ3n) is 5.91. The lowest BCUT2D eigenvalue weighted by Gasteiger charge is -2.26. The summed E-state index contributed by atoms with van der Waals surface area (Å²) in [4.78, 5) is 15.2. The van der Waals surface area contributed by atoms with Gasteiger partial charge in [0.2, 0.25) is 0 Å². The van der Waals surface area contributed by atoms with Crippen LogP contribution >= 0.6 is 34.5 Å². The van der Waals surface area contributed by atoms with E-state index in [2.05, 4.69) is 17.3 Å². The molecule has 5 rings (SSSR count). The molecule has 0 unspecified atom stereocenters. The molecule has 1 aliphatic heterocycles. The zero-order valence-electron chi connectivity index (χ0n) is 18.3. The number of amides is 1. The lowest BCUT2D eigenvalue weighted by molar-refractivity contribution is 0.0743. The van der Waals surface area contributed by atoms with Crippen molar-refractivity contribution in [2.75, 3.05) is 13.1 Å². The van der Waals surface area contributed by atoms with Crippen molar-refractivity contribution >= 4 is 40.4 Å². The number of piperidine rings is 1. The number of rotatable bonds is 4. The Morgan fingerprint density at radius 2 is 1.94 bits per heavy atom. The van der Waals surface area contributed by atoms with Gasteiger partial charge in [0.1, 0.15) is 0 Å². The Balaban J connectivity index is 1.55. The van der Waals surface area contributed by atoms with Gasteiger partial charge in [-0.2, -0.15) is 5.10 Å². The highest BCUT2D eigenvalue weighted by molar-refractivity contribution is 7.16. The minimum absolute atomic E-state index is 0.204. The van der Waals surface area contributed by atoms with Crippen LogP contribution in [0, 0.1) is 24.7 Å². The van der Waals surface area contributed by atoms with Gasteiger partial charge in [0.25, 0.3) is 5.91 Å². The molecule has 1 amide bonds. The van der Waals surface area contributed by atoms with Crippen LogP contribution in [0.25, 0.3) is 16.3 Å². The zero-order valence-corrected chi connectivity index (χ0v) is 20.7. The number of carbonyl (C=O) groups excluding carboxylic acids is 1. The highest BCUT2D eigenvalue weighted by Gasteiger charge is 2.25. The Labute approximate surface area is 207 Å². The van der Waals surface area contributed by atoms with Crippen LogP contribution in [0.5, 0.6) is 0 Å². The van der Waals surface area contributed by atoms with E-state index >= 15 is 0 Å². The van der Waals surface area contributed by atoms with Gasteiger partial charge >= 0.3 is 0 Å². The monoisotopic (exact) mass is 498 g/mol. The number of benzene rings is 1. The molecule has 0 radical (unpaired) electrons. The molecule has 0 bridgehead atoms. The maximum absolute atomic E-state index is 13.2. The molecular formula is C25H24Cl2N4OS. The Kier molecular flexibility index (Phi) is 6.49. The quantitative estimate of drug-likeness (QED) is 0.441. The Morgan fingerprint density at radius 3 is 2.67 bits per heavy atom. The molecule has 3 aromatic rings. The fourth-order valence-corrected chi connectivity index (χ4v) is 5.41. The van der Waals surface area contributed by atoms with Crippen molar-refractivity contribution in [3.63, 3.8) is 0 Å². The molecule has 2 aromatic heterocycles. The molecule has 1 aromatic carbocycles. The fourth-order valence-electron chi connectivity index (χ4n) is 3.96. The van der Waals surface area contributed by atoms with Crippen LogP contribution < -0.4 is 5.43 Å². The number of hydrogen-bond acceptors (Lipinski definition) is 4. The van der Waals surface area contributed by atoms with Gasteiger partial charge in [0.05, 0.1) is 26.2 Å². The number of nitrogens with zero attached hydrogens (tertiary/aromatic N) is 3. The summed E-state index contributed by atoms with van der Waals surface area (Å²) in [7, 11) is 0. The van der Waals surface area contributed by atoms with E-state index in [1.807, 2.05) is 30.1 Å². The highest BCUT2D eigenvalue weighted by Crippen LogP contribution is 2.36. The summed E-state index contributed by atoms with van der Waals surface area (Å²) in [5, 5.41) is 7.73. The lowest BCUT2D eigenvalue weighted by atomic mass is 10.1. The van der Waals surface area contributed by atoms with Gasteiger partial charge < -0.3 is 0 Å². The van der Waals surface area contributed by atoms with Crippen molar-refractivity contribution in [3.8, 4) is 28.1 Å². The topological polar surface area (TPSA) is 50.2 Å². The average Bonchev–Trinajstić information content (AvgIpc) is 3.41. The first kappa shape index (κ1) is 22.5. The second-order valence-electron chi connectivity index (χ2n) is 8.53. The van der Waals surface area contributed by atoms with Crippen molar-refractivity contribution in [1.82, 2.24) is 20.2 Å². The SMILES string of the molecule is Cc1c(C(=O)NN2CCCCC2)nn(-c2ccc(Cl)cc2Cl)c1-c1ccc(C#CC2CC2)s1. The third kappa shape index (κ3) is 4.97. The van der Waals surface area contributed by atoms with Crippen LogP contribution in [0.2, 0.25) is 10.0 Å². The van der Waals surface area contributed by atoms with Crippen LogP contribution in [0.3, 0.4) is 0 Å². The minimum atomic E-state index is -0.204. The van der Waals surface area contributed by atoms with Gasteiger partial charge in [-0.1, -0.05) is 41.5 Å². The second kappa shape index (κ2) is 9.52. The predicted octanol–water partition coefficient (Wildman–Crippen LogP) is 6.11. The molecule has 33 heavy (non-hydrogen) atoms. The molecule has 1 saturated heterocycles. The lowest BCUT2D eigenvalue weighted by Crippen LogP contribution is -2.45. The molecule has 8 heteroatoms.